The second-order valence-electron chi connectivity index (χ2n) is 3.66. The molecule has 0 aliphatic carbocycles. The molecule has 78 valence electrons. The fourth-order valence-corrected chi connectivity index (χ4v) is 1.83. The van der Waals surface area contributed by atoms with Crippen molar-refractivity contribution in [1.29, 1.82) is 0 Å². The molecular formula is C11H16O2S. The molecule has 0 amide bonds. The van der Waals surface area contributed by atoms with E-state index in [0.717, 1.165) is 35.2 Å². The molecule has 0 aliphatic heterocycles. The van der Waals surface area contributed by atoms with Crippen molar-refractivity contribution in [3.8, 4) is 5.06 Å². The first-order chi connectivity index (χ1) is 6.72. The molecule has 1 rings (SSSR count). The van der Waals surface area contributed by atoms with Crippen molar-refractivity contribution in [1.82, 2.24) is 0 Å². The average molecular weight is 212 g/mol. The van der Waals surface area contributed by atoms with Gasteiger partial charge in [-0.3, -0.25) is 4.79 Å². The summed E-state index contributed by atoms with van der Waals surface area (Å²) < 4.78 is 5.50. The first-order valence-electron chi connectivity index (χ1n) is 4.90. The summed E-state index contributed by atoms with van der Waals surface area (Å²) in [7, 11) is 0. The summed E-state index contributed by atoms with van der Waals surface area (Å²) in [5, 5.41) is 0.843. The van der Waals surface area contributed by atoms with Crippen molar-refractivity contribution >= 4 is 17.6 Å². The van der Waals surface area contributed by atoms with Crippen molar-refractivity contribution in [3.63, 3.8) is 0 Å². The lowest BCUT2D eigenvalue weighted by Crippen LogP contribution is -1.98. The molecule has 2 nitrogen and oxygen atoms in total. The Balaban J connectivity index is 2.21. The zero-order chi connectivity index (χ0) is 10.4. The standard InChI is InChI=1S/C11H16O2S/c1-9(2)4-3-7-13-11-6-5-10(8-12)14-11/h5-6,8-9H,3-4,7H2,1-2H3. The smallest absolute Gasteiger partial charge is 0.174 e. The minimum absolute atomic E-state index is 0.726. The number of hydrogen-bond donors (Lipinski definition) is 0. The van der Waals surface area contributed by atoms with Gasteiger partial charge in [-0.1, -0.05) is 25.2 Å². The molecule has 0 aliphatic rings. The molecule has 0 saturated heterocycles. The summed E-state index contributed by atoms with van der Waals surface area (Å²) in [6.07, 6.45) is 3.11. The molecule has 3 heteroatoms. The molecule has 0 aromatic carbocycles. The number of thiophene rings is 1. The predicted molar refractivity (Wildman–Crippen MR) is 59.3 cm³/mol. The van der Waals surface area contributed by atoms with Crippen LogP contribution in [-0.2, 0) is 0 Å². The maximum absolute atomic E-state index is 10.4. The third-order valence-corrected chi connectivity index (χ3v) is 2.81. The Hall–Kier alpha value is -0.830. The molecule has 0 saturated carbocycles. The van der Waals surface area contributed by atoms with Crippen LogP contribution in [0.1, 0.15) is 36.4 Å². The van der Waals surface area contributed by atoms with Gasteiger partial charge < -0.3 is 4.74 Å². The van der Waals surface area contributed by atoms with Gasteiger partial charge >= 0.3 is 0 Å². The Morgan fingerprint density at radius 1 is 1.50 bits per heavy atom. The van der Waals surface area contributed by atoms with E-state index in [9.17, 15) is 4.79 Å². The Morgan fingerprint density at radius 2 is 2.29 bits per heavy atom. The van der Waals surface area contributed by atoms with E-state index < -0.39 is 0 Å². The second kappa shape index (κ2) is 5.81. The van der Waals surface area contributed by atoms with Crippen LogP contribution in [-0.4, -0.2) is 12.9 Å². The molecule has 0 N–H and O–H groups in total. The third-order valence-electron chi connectivity index (χ3n) is 1.89. The molecule has 14 heavy (non-hydrogen) atoms. The van der Waals surface area contributed by atoms with Gasteiger partial charge in [0.15, 0.2) is 11.3 Å². The summed E-state index contributed by atoms with van der Waals surface area (Å²) >= 11 is 1.40. The maximum Gasteiger partial charge on any atom is 0.174 e. The Labute approximate surface area is 88.9 Å². The van der Waals surface area contributed by atoms with E-state index in [1.165, 1.54) is 17.8 Å². The van der Waals surface area contributed by atoms with Crippen molar-refractivity contribution in [2.24, 2.45) is 5.92 Å². The maximum atomic E-state index is 10.4. The first kappa shape index (κ1) is 11.2. The highest BCUT2D eigenvalue weighted by Crippen LogP contribution is 2.23. The van der Waals surface area contributed by atoms with Gasteiger partial charge in [0.05, 0.1) is 11.5 Å². The molecule has 1 heterocycles. The number of ether oxygens (including phenoxy) is 1. The number of rotatable bonds is 6. The van der Waals surface area contributed by atoms with Crippen LogP contribution >= 0.6 is 11.3 Å². The van der Waals surface area contributed by atoms with Gasteiger partial charge in [0.25, 0.3) is 0 Å². The van der Waals surface area contributed by atoms with E-state index in [-0.39, 0.29) is 0 Å². The number of hydrogen-bond acceptors (Lipinski definition) is 3. The lowest BCUT2D eigenvalue weighted by molar-refractivity contribution is 0.112. The molecular weight excluding hydrogens is 196 g/mol. The van der Waals surface area contributed by atoms with E-state index in [0.29, 0.717) is 0 Å². The van der Waals surface area contributed by atoms with Crippen molar-refractivity contribution < 1.29 is 9.53 Å². The van der Waals surface area contributed by atoms with Crippen molar-refractivity contribution in [2.45, 2.75) is 26.7 Å². The SMILES string of the molecule is CC(C)CCCOc1ccc(C=O)s1. The van der Waals surface area contributed by atoms with Crippen molar-refractivity contribution in [2.75, 3.05) is 6.61 Å². The largest absolute Gasteiger partial charge is 0.484 e. The van der Waals surface area contributed by atoms with Crippen LogP contribution in [0.4, 0.5) is 0 Å². The average Bonchev–Trinajstić information content (AvgIpc) is 2.60. The van der Waals surface area contributed by atoms with Gasteiger partial charge in [-0.15, -0.1) is 0 Å². The highest BCUT2D eigenvalue weighted by Gasteiger charge is 2.00. The van der Waals surface area contributed by atoms with E-state index >= 15 is 0 Å². The molecule has 0 unspecified atom stereocenters. The molecule has 0 spiro atoms. The minimum atomic E-state index is 0.726. The lowest BCUT2D eigenvalue weighted by Gasteiger charge is -2.04. The van der Waals surface area contributed by atoms with E-state index in [4.69, 9.17) is 4.74 Å². The van der Waals surface area contributed by atoms with Crippen LogP contribution in [0, 0.1) is 5.92 Å². The van der Waals surface area contributed by atoms with Crippen LogP contribution in [0.15, 0.2) is 12.1 Å². The van der Waals surface area contributed by atoms with E-state index in [2.05, 4.69) is 13.8 Å². The van der Waals surface area contributed by atoms with E-state index in [1.807, 2.05) is 6.07 Å². The quantitative estimate of drug-likeness (QED) is 0.534. The molecule has 0 bridgehead atoms. The zero-order valence-corrected chi connectivity index (χ0v) is 9.47. The fraction of sp³-hybridized carbons (Fsp3) is 0.545. The number of aldehydes is 1. The molecule has 0 atom stereocenters. The van der Waals surface area contributed by atoms with Gasteiger partial charge in [0.1, 0.15) is 0 Å². The number of carbonyl (C=O) groups excluding carboxylic acids is 1. The van der Waals surface area contributed by atoms with Gasteiger partial charge in [0, 0.05) is 0 Å². The summed E-state index contributed by atoms with van der Waals surface area (Å²) in [4.78, 5) is 11.1. The topological polar surface area (TPSA) is 26.3 Å². The first-order valence-corrected chi connectivity index (χ1v) is 5.72. The minimum Gasteiger partial charge on any atom is -0.484 e. The van der Waals surface area contributed by atoms with Crippen LogP contribution in [0.3, 0.4) is 0 Å². The molecule has 0 fully saturated rings. The predicted octanol–water partition coefficient (Wildman–Crippen LogP) is 3.38. The summed E-state index contributed by atoms with van der Waals surface area (Å²) in [5.41, 5.74) is 0. The highest BCUT2D eigenvalue weighted by molar-refractivity contribution is 7.15. The van der Waals surface area contributed by atoms with Gasteiger partial charge in [-0.2, -0.15) is 0 Å². The van der Waals surface area contributed by atoms with Crippen molar-refractivity contribution in [3.05, 3.63) is 17.0 Å². The molecule has 1 aromatic heterocycles. The van der Waals surface area contributed by atoms with Gasteiger partial charge in [-0.05, 0) is 30.9 Å². The number of carbonyl (C=O) groups is 1. The van der Waals surface area contributed by atoms with Crippen LogP contribution in [0.5, 0.6) is 5.06 Å². The summed E-state index contributed by atoms with van der Waals surface area (Å²) in [6.45, 7) is 5.16. The summed E-state index contributed by atoms with van der Waals surface area (Å²) in [5.74, 6) is 0.729. The summed E-state index contributed by atoms with van der Waals surface area (Å²) in [6, 6.07) is 3.64. The highest BCUT2D eigenvalue weighted by atomic mass is 32.1. The van der Waals surface area contributed by atoms with Crippen LogP contribution in [0.2, 0.25) is 0 Å². The van der Waals surface area contributed by atoms with Crippen LogP contribution in [0.25, 0.3) is 0 Å². The Morgan fingerprint density at radius 3 is 2.86 bits per heavy atom. The lowest BCUT2D eigenvalue weighted by atomic mass is 10.1. The molecule has 1 aromatic rings. The second-order valence-corrected chi connectivity index (χ2v) is 4.74. The monoisotopic (exact) mass is 212 g/mol. The third kappa shape index (κ3) is 3.92. The fourth-order valence-electron chi connectivity index (χ4n) is 1.14. The van der Waals surface area contributed by atoms with Gasteiger partial charge in [0.2, 0.25) is 0 Å². The van der Waals surface area contributed by atoms with Crippen LogP contribution < -0.4 is 4.74 Å². The molecule has 0 radical (unpaired) electrons. The Bertz CT molecular complexity index is 279. The normalized spacial score (nSPS) is 10.5. The van der Waals surface area contributed by atoms with Gasteiger partial charge in [-0.25, -0.2) is 0 Å². The Kier molecular flexibility index (Phi) is 4.66. The zero-order valence-electron chi connectivity index (χ0n) is 8.66. The van der Waals surface area contributed by atoms with E-state index in [1.54, 1.807) is 6.07 Å².